The van der Waals surface area contributed by atoms with E-state index in [1.54, 1.807) is 33.1 Å². The summed E-state index contributed by atoms with van der Waals surface area (Å²) < 4.78 is 32.7. The second-order valence-electron chi connectivity index (χ2n) is 9.21. The lowest BCUT2D eigenvalue weighted by molar-refractivity contribution is -0.119. The van der Waals surface area contributed by atoms with E-state index >= 15 is 0 Å². The van der Waals surface area contributed by atoms with Crippen LogP contribution < -0.4 is 10.1 Å². The van der Waals surface area contributed by atoms with Gasteiger partial charge in [-0.05, 0) is 80.3 Å². The van der Waals surface area contributed by atoms with Crippen LogP contribution in [0.15, 0.2) is 35.2 Å². The fourth-order valence-corrected chi connectivity index (χ4v) is 6.02. The summed E-state index contributed by atoms with van der Waals surface area (Å²) in [5.41, 5.74) is 5.13. The lowest BCUT2D eigenvalue weighted by Gasteiger charge is -2.25. The minimum absolute atomic E-state index is 0.0686. The number of ketones is 1. The summed E-state index contributed by atoms with van der Waals surface area (Å²) in [7, 11) is 1.54. The number of carbonyl (C=O) groups excluding carboxylic acids is 1. The van der Waals surface area contributed by atoms with E-state index in [1.807, 2.05) is 0 Å². The van der Waals surface area contributed by atoms with Crippen LogP contribution in [0.4, 0.5) is 5.69 Å². The molecule has 7 nitrogen and oxygen atoms in total. The molecule has 1 heterocycles. The van der Waals surface area contributed by atoms with Crippen molar-refractivity contribution in [3.8, 4) is 5.75 Å². The molecule has 0 fully saturated rings. The molecule has 1 aliphatic rings. The summed E-state index contributed by atoms with van der Waals surface area (Å²) >= 11 is 0. The van der Waals surface area contributed by atoms with Gasteiger partial charge in [0.05, 0.1) is 12.0 Å². The zero-order chi connectivity index (χ0) is 24.9. The zero-order valence-corrected chi connectivity index (χ0v) is 21.8. The molecule has 0 spiro atoms. The Balaban J connectivity index is 1.46. The molecular weight excluding hydrogens is 450 g/mol. The van der Waals surface area contributed by atoms with Gasteiger partial charge in [-0.15, -0.1) is 0 Å². The van der Waals surface area contributed by atoms with Gasteiger partial charge in [0, 0.05) is 51.8 Å². The summed E-state index contributed by atoms with van der Waals surface area (Å²) in [5, 5.41) is 3.41. The second-order valence-corrected chi connectivity index (χ2v) is 11.2. The number of nitrogens with one attached hydrogen (secondary N) is 1. The Morgan fingerprint density at radius 2 is 1.82 bits per heavy atom. The molecular formula is C26H37N3O4S. The number of sulfonamides is 1. The maximum absolute atomic E-state index is 13.1. The summed E-state index contributed by atoms with van der Waals surface area (Å²) in [5.74, 6) is 0.696. The van der Waals surface area contributed by atoms with Crippen LogP contribution in [0.25, 0.3) is 0 Å². The first-order chi connectivity index (χ1) is 16.1. The highest BCUT2D eigenvalue weighted by Crippen LogP contribution is 2.28. The van der Waals surface area contributed by atoms with Gasteiger partial charge in [-0.2, -0.15) is 0 Å². The number of methoxy groups -OCH3 is 1. The molecule has 2 aromatic carbocycles. The van der Waals surface area contributed by atoms with Gasteiger partial charge in [0.1, 0.15) is 11.5 Å². The normalized spacial score (nSPS) is 14.2. The lowest BCUT2D eigenvalue weighted by atomic mass is 9.99. The van der Waals surface area contributed by atoms with Gasteiger partial charge >= 0.3 is 0 Å². The number of ether oxygens (including phenoxy) is 1. The Hall–Kier alpha value is -2.42. The third-order valence-corrected chi connectivity index (χ3v) is 8.58. The summed E-state index contributed by atoms with van der Waals surface area (Å²) in [4.78, 5) is 15.0. The van der Waals surface area contributed by atoms with E-state index in [1.165, 1.54) is 22.5 Å². The van der Waals surface area contributed by atoms with E-state index in [9.17, 15) is 13.2 Å². The van der Waals surface area contributed by atoms with Crippen LogP contribution in [0.2, 0.25) is 0 Å². The number of fused-ring (bicyclic) bond motifs is 1. The van der Waals surface area contributed by atoms with Gasteiger partial charge in [-0.25, -0.2) is 12.7 Å². The predicted molar refractivity (Wildman–Crippen MR) is 136 cm³/mol. The van der Waals surface area contributed by atoms with Crippen molar-refractivity contribution in [3.63, 3.8) is 0 Å². The molecule has 3 rings (SSSR count). The Labute approximate surface area is 204 Å². The highest BCUT2D eigenvalue weighted by Gasteiger charge is 2.25. The van der Waals surface area contributed by atoms with Gasteiger partial charge < -0.3 is 15.0 Å². The molecule has 34 heavy (non-hydrogen) atoms. The lowest BCUT2D eigenvalue weighted by Crippen LogP contribution is -2.30. The zero-order valence-electron chi connectivity index (χ0n) is 21.0. The molecule has 0 saturated heterocycles. The second kappa shape index (κ2) is 11.3. The Morgan fingerprint density at radius 3 is 2.50 bits per heavy atom. The smallest absolute Gasteiger partial charge is 0.243 e. The van der Waals surface area contributed by atoms with E-state index in [4.69, 9.17) is 4.74 Å². The molecule has 0 aromatic heterocycles. The molecule has 1 N–H and O–H groups in total. The molecule has 0 radical (unpaired) electrons. The van der Waals surface area contributed by atoms with Gasteiger partial charge in [0.25, 0.3) is 0 Å². The molecule has 0 aliphatic carbocycles. The average molecular weight is 488 g/mol. The topological polar surface area (TPSA) is 79.0 Å². The maximum atomic E-state index is 13.1. The van der Waals surface area contributed by atoms with E-state index in [0.717, 1.165) is 25.2 Å². The minimum atomic E-state index is -3.68. The first kappa shape index (κ1) is 26.2. The molecule has 2 aromatic rings. The number of anilines is 1. The standard InChI is InChI=1S/C26H37N3O4S/c1-19-15-25(33-5)16-20(2)26(19)34(31,32)29(4)14-11-24(30)7-6-12-27-23-9-8-21-10-13-28(3)18-22(21)17-23/h8-9,15-17,27H,6-7,10-14,18H2,1-5H3. The fraction of sp³-hybridized carbons (Fsp3) is 0.500. The summed E-state index contributed by atoms with van der Waals surface area (Å²) in [6.45, 7) is 6.45. The Morgan fingerprint density at radius 1 is 1.12 bits per heavy atom. The third kappa shape index (κ3) is 6.37. The Kier molecular flexibility index (Phi) is 8.73. The molecule has 1 aliphatic heterocycles. The van der Waals surface area contributed by atoms with Crippen molar-refractivity contribution in [2.75, 3.05) is 46.2 Å². The number of hydrogen-bond acceptors (Lipinski definition) is 6. The molecule has 0 bridgehead atoms. The predicted octanol–water partition coefficient (Wildman–Crippen LogP) is 3.77. The van der Waals surface area contributed by atoms with E-state index in [0.29, 0.717) is 36.3 Å². The first-order valence-electron chi connectivity index (χ1n) is 11.8. The fourth-order valence-electron chi connectivity index (χ4n) is 4.44. The minimum Gasteiger partial charge on any atom is -0.497 e. The van der Waals surface area contributed by atoms with Crippen LogP contribution >= 0.6 is 0 Å². The number of carbonyl (C=O) groups is 1. The van der Waals surface area contributed by atoms with Crippen LogP contribution in [0, 0.1) is 13.8 Å². The first-order valence-corrected chi connectivity index (χ1v) is 13.2. The highest BCUT2D eigenvalue weighted by molar-refractivity contribution is 7.89. The number of nitrogens with zero attached hydrogens (tertiary/aromatic N) is 2. The molecule has 0 unspecified atom stereocenters. The van der Waals surface area contributed by atoms with Crippen molar-refractivity contribution in [2.45, 2.75) is 51.0 Å². The SMILES string of the molecule is COc1cc(C)c(S(=O)(=O)N(C)CCC(=O)CCCNc2ccc3c(c2)CN(C)CC3)c(C)c1. The molecule has 0 amide bonds. The van der Waals surface area contributed by atoms with Crippen LogP contribution in [-0.4, -0.2) is 64.2 Å². The summed E-state index contributed by atoms with van der Waals surface area (Å²) in [6, 6.07) is 9.93. The number of rotatable bonds is 11. The van der Waals surface area contributed by atoms with Crippen molar-refractivity contribution in [3.05, 3.63) is 52.6 Å². The average Bonchev–Trinajstić information content (AvgIpc) is 2.79. The third-order valence-electron chi connectivity index (χ3n) is 6.41. The number of benzene rings is 2. The number of likely N-dealkylation sites (N-methyl/N-ethyl adjacent to an activating group) is 1. The molecule has 8 heteroatoms. The molecule has 186 valence electrons. The van der Waals surface area contributed by atoms with Crippen LogP contribution in [0.5, 0.6) is 5.75 Å². The van der Waals surface area contributed by atoms with Crippen molar-refractivity contribution in [1.29, 1.82) is 0 Å². The monoisotopic (exact) mass is 487 g/mol. The van der Waals surface area contributed by atoms with E-state index < -0.39 is 10.0 Å². The Bertz CT molecular complexity index is 1110. The van der Waals surface area contributed by atoms with Gasteiger partial charge in [0.2, 0.25) is 10.0 Å². The van der Waals surface area contributed by atoms with Crippen molar-refractivity contribution < 1.29 is 17.9 Å². The number of aryl methyl sites for hydroxylation is 2. The van der Waals surface area contributed by atoms with Gasteiger partial charge in [-0.3, -0.25) is 4.79 Å². The van der Waals surface area contributed by atoms with Crippen LogP contribution in [0.3, 0.4) is 0 Å². The largest absolute Gasteiger partial charge is 0.497 e. The van der Waals surface area contributed by atoms with Crippen molar-refractivity contribution >= 4 is 21.5 Å². The van der Waals surface area contributed by atoms with Gasteiger partial charge in [0.15, 0.2) is 0 Å². The number of Topliss-reactive ketones (excluding diaryl/α,β-unsaturated/α-hetero) is 1. The van der Waals surface area contributed by atoms with Crippen molar-refractivity contribution in [1.82, 2.24) is 9.21 Å². The van der Waals surface area contributed by atoms with E-state index in [-0.39, 0.29) is 23.6 Å². The van der Waals surface area contributed by atoms with Gasteiger partial charge in [-0.1, -0.05) is 6.07 Å². The molecule has 0 atom stereocenters. The molecule has 0 saturated carbocycles. The number of hydrogen-bond donors (Lipinski definition) is 1. The van der Waals surface area contributed by atoms with Crippen LogP contribution in [-0.2, 0) is 27.8 Å². The van der Waals surface area contributed by atoms with Crippen molar-refractivity contribution in [2.24, 2.45) is 0 Å². The van der Waals surface area contributed by atoms with E-state index in [2.05, 4.69) is 35.5 Å². The highest BCUT2D eigenvalue weighted by atomic mass is 32.2. The van der Waals surface area contributed by atoms with Crippen LogP contribution in [0.1, 0.15) is 41.5 Å². The maximum Gasteiger partial charge on any atom is 0.243 e. The quantitative estimate of drug-likeness (QED) is 0.486. The summed E-state index contributed by atoms with van der Waals surface area (Å²) in [6.07, 6.45) is 2.43.